The Bertz CT molecular complexity index is 1230. The molecule has 0 radical (unpaired) electrons. The normalized spacial score (nSPS) is 13.2. The third-order valence-electron chi connectivity index (χ3n) is 4.52. The fourth-order valence-corrected chi connectivity index (χ4v) is 3.98. The van der Waals surface area contributed by atoms with Crippen LogP contribution in [0, 0.1) is 0 Å². The van der Waals surface area contributed by atoms with E-state index in [4.69, 9.17) is 9.47 Å². The highest BCUT2D eigenvalue weighted by Gasteiger charge is 2.36. The van der Waals surface area contributed by atoms with Gasteiger partial charge in [-0.25, -0.2) is 18.0 Å². The number of anilines is 2. The molecular weight excluding hydrogens is 424 g/mol. The number of benzene rings is 2. The van der Waals surface area contributed by atoms with Gasteiger partial charge in [0.2, 0.25) is 17.7 Å². The number of hydrogen-bond acceptors (Lipinski definition) is 8. The van der Waals surface area contributed by atoms with Gasteiger partial charge in [0.05, 0.1) is 42.0 Å². The number of ether oxygens (including phenoxy) is 2. The zero-order valence-corrected chi connectivity index (χ0v) is 17.2. The molecule has 1 N–H and O–H groups in total. The monoisotopic (exact) mass is 440 g/mol. The van der Waals surface area contributed by atoms with Crippen LogP contribution in [0.3, 0.4) is 0 Å². The highest BCUT2D eigenvalue weighted by Crippen LogP contribution is 2.29. The molecule has 1 aliphatic rings. The third-order valence-corrected chi connectivity index (χ3v) is 5.87. The largest absolute Gasteiger partial charge is 0.481 e. The lowest BCUT2D eigenvalue weighted by atomic mass is 10.1. The van der Waals surface area contributed by atoms with E-state index in [1.54, 1.807) is 24.3 Å². The third kappa shape index (κ3) is 3.66. The molecule has 1 aromatic heterocycles. The molecule has 1 aliphatic heterocycles. The zero-order valence-electron chi connectivity index (χ0n) is 16.4. The van der Waals surface area contributed by atoms with Gasteiger partial charge in [0, 0.05) is 0 Å². The van der Waals surface area contributed by atoms with Crippen LogP contribution in [0.4, 0.5) is 11.6 Å². The number of aromatic nitrogens is 2. The van der Waals surface area contributed by atoms with Crippen LogP contribution in [0.25, 0.3) is 0 Å². The van der Waals surface area contributed by atoms with Crippen molar-refractivity contribution in [2.45, 2.75) is 4.90 Å². The second-order valence-electron chi connectivity index (χ2n) is 6.37. The number of rotatable bonds is 6. The summed E-state index contributed by atoms with van der Waals surface area (Å²) in [6, 6.07) is 13.2. The Balaban J connectivity index is 1.60. The molecule has 4 rings (SSSR count). The molecule has 0 spiro atoms. The Morgan fingerprint density at radius 2 is 1.35 bits per heavy atom. The van der Waals surface area contributed by atoms with Crippen molar-refractivity contribution in [2.75, 3.05) is 23.8 Å². The van der Waals surface area contributed by atoms with Gasteiger partial charge in [-0.1, -0.05) is 12.1 Å². The number of methoxy groups -OCH3 is 2. The molecule has 3 aromatic rings. The van der Waals surface area contributed by atoms with Gasteiger partial charge in [0.25, 0.3) is 21.8 Å². The summed E-state index contributed by atoms with van der Waals surface area (Å²) in [6.07, 6.45) is 0. The Kier molecular flexibility index (Phi) is 5.03. The minimum atomic E-state index is -4.06. The number of fused-ring (bicyclic) bond motifs is 1. The second kappa shape index (κ2) is 7.69. The van der Waals surface area contributed by atoms with Crippen LogP contribution in [0.5, 0.6) is 11.8 Å². The predicted molar refractivity (Wildman–Crippen MR) is 110 cm³/mol. The molecule has 11 heteroatoms. The number of amides is 2. The van der Waals surface area contributed by atoms with Crippen molar-refractivity contribution in [3.05, 3.63) is 65.7 Å². The van der Waals surface area contributed by atoms with Gasteiger partial charge < -0.3 is 9.47 Å². The van der Waals surface area contributed by atoms with Gasteiger partial charge in [-0.05, 0) is 36.4 Å². The molecule has 0 atom stereocenters. The van der Waals surface area contributed by atoms with E-state index >= 15 is 0 Å². The number of nitrogens with zero attached hydrogens (tertiary/aromatic N) is 3. The predicted octanol–water partition coefficient (Wildman–Crippen LogP) is 2.10. The lowest BCUT2D eigenvalue weighted by molar-refractivity contribution is 0.0926. The average Bonchev–Trinajstić information content (AvgIpc) is 3.03. The van der Waals surface area contributed by atoms with Crippen molar-refractivity contribution in [3.63, 3.8) is 0 Å². The first kappa shape index (κ1) is 20.3. The molecule has 0 saturated heterocycles. The fraction of sp³-hybridized carbons (Fsp3) is 0.100. The summed E-state index contributed by atoms with van der Waals surface area (Å²) in [7, 11) is -1.31. The maximum atomic E-state index is 12.7. The minimum Gasteiger partial charge on any atom is -0.481 e. The highest BCUT2D eigenvalue weighted by atomic mass is 32.2. The lowest BCUT2D eigenvalue weighted by Gasteiger charge is -2.14. The van der Waals surface area contributed by atoms with Crippen LogP contribution in [-0.4, -0.2) is 44.4 Å². The molecule has 2 amide bonds. The van der Waals surface area contributed by atoms with Crippen molar-refractivity contribution in [2.24, 2.45) is 0 Å². The number of hydrogen-bond donors (Lipinski definition) is 1. The number of carbonyl (C=O) groups excluding carboxylic acids is 2. The van der Waals surface area contributed by atoms with Crippen molar-refractivity contribution in [1.29, 1.82) is 0 Å². The molecule has 0 unspecified atom stereocenters. The molecular formula is C20H16N4O6S. The first-order valence-electron chi connectivity index (χ1n) is 8.92. The minimum absolute atomic E-state index is 0.113. The lowest BCUT2D eigenvalue weighted by Crippen LogP contribution is -2.29. The molecule has 158 valence electrons. The molecule has 0 aliphatic carbocycles. The second-order valence-corrected chi connectivity index (χ2v) is 8.05. The molecule has 0 fully saturated rings. The van der Waals surface area contributed by atoms with E-state index in [1.807, 2.05) is 0 Å². The van der Waals surface area contributed by atoms with Crippen LogP contribution in [0.2, 0.25) is 0 Å². The Labute approximate surface area is 177 Å². The number of sulfonamides is 1. The van der Waals surface area contributed by atoms with E-state index in [2.05, 4.69) is 14.7 Å². The van der Waals surface area contributed by atoms with Gasteiger partial charge in [-0.2, -0.15) is 9.97 Å². The van der Waals surface area contributed by atoms with E-state index in [0.717, 1.165) is 4.90 Å². The highest BCUT2D eigenvalue weighted by molar-refractivity contribution is 7.92. The van der Waals surface area contributed by atoms with Gasteiger partial charge in [-0.15, -0.1) is 0 Å². The van der Waals surface area contributed by atoms with Crippen LogP contribution in [0.1, 0.15) is 20.7 Å². The van der Waals surface area contributed by atoms with E-state index in [9.17, 15) is 18.0 Å². The summed E-state index contributed by atoms with van der Waals surface area (Å²) in [6.45, 7) is 0. The first-order chi connectivity index (χ1) is 14.8. The summed E-state index contributed by atoms with van der Waals surface area (Å²) in [5.74, 6) is -0.936. The standard InChI is InChI=1S/C20H16N4O6S/c1-29-16-11-17(30-2)22-20(21-16)23-31(27,28)13-9-7-12(8-10-13)24-18(25)14-5-3-4-6-15(14)19(24)26/h3-11H,1-2H3,(H,21,22,23). The Morgan fingerprint density at radius 1 is 0.839 bits per heavy atom. The van der Waals surface area contributed by atoms with Gasteiger partial charge in [-0.3, -0.25) is 9.59 Å². The molecule has 10 nitrogen and oxygen atoms in total. The number of imide groups is 1. The maximum absolute atomic E-state index is 12.7. The maximum Gasteiger partial charge on any atom is 0.266 e. The molecule has 2 heterocycles. The smallest absolute Gasteiger partial charge is 0.266 e. The van der Waals surface area contributed by atoms with E-state index in [0.29, 0.717) is 11.1 Å². The quantitative estimate of drug-likeness (QED) is 0.577. The fourth-order valence-electron chi connectivity index (χ4n) is 3.04. The van der Waals surface area contributed by atoms with Crippen LogP contribution < -0.4 is 19.1 Å². The zero-order chi connectivity index (χ0) is 22.2. The van der Waals surface area contributed by atoms with Crippen LogP contribution >= 0.6 is 0 Å². The summed E-state index contributed by atoms with van der Waals surface area (Å²) in [5.41, 5.74) is 0.856. The van der Waals surface area contributed by atoms with Crippen molar-refractivity contribution in [1.82, 2.24) is 9.97 Å². The van der Waals surface area contributed by atoms with Gasteiger partial charge >= 0.3 is 0 Å². The van der Waals surface area contributed by atoms with Crippen molar-refractivity contribution >= 4 is 33.5 Å². The van der Waals surface area contributed by atoms with Gasteiger partial charge in [0.15, 0.2) is 0 Å². The summed E-state index contributed by atoms with van der Waals surface area (Å²) in [4.78, 5) is 33.9. The number of carbonyl (C=O) groups is 2. The molecule has 0 bridgehead atoms. The Morgan fingerprint density at radius 3 is 1.84 bits per heavy atom. The van der Waals surface area contributed by atoms with E-state index < -0.39 is 21.8 Å². The topological polar surface area (TPSA) is 128 Å². The summed E-state index contributed by atoms with van der Waals surface area (Å²) >= 11 is 0. The molecule has 2 aromatic carbocycles. The molecule has 31 heavy (non-hydrogen) atoms. The van der Waals surface area contributed by atoms with Gasteiger partial charge in [0.1, 0.15) is 0 Å². The average molecular weight is 440 g/mol. The number of nitrogens with one attached hydrogen (secondary N) is 1. The van der Waals surface area contributed by atoms with E-state index in [1.165, 1.54) is 44.6 Å². The summed E-state index contributed by atoms with van der Waals surface area (Å²) in [5, 5.41) is 0. The van der Waals surface area contributed by atoms with Crippen LogP contribution in [0.15, 0.2) is 59.5 Å². The van der Waals surface area contributed by atoms with Crippen LogP contribution in [-0.2, 0) is 10.0 Å². The summed E-state index contributed by atoms with van der Waals surface area (Å²) < 4.78 is 37.7. The Hall–Kier alpha value is -3.99. The SMILES string of the molecule is COc1cc(OC)nc(NS(=O)(=O)c2ccc(N3C(=O)c4ccccc4C3=O)cc2)n1. The van der Waals surface area contributed by atoms with Crippen molar-refractivity contribution < 1.29 is 27.5 Å². The van der Waals surface area contributed by atoms with E-state index in [-0.39, 0.29) is 28.3 Å². The first-order valence-corrected chi connectivity index (χ1v) is 10.4. The molecule has 0 saturated carbocycles. The van der Waals surface area contributed by atoms with Crippen molar-refractivity contribution in [3.8, 4) is 11.8 Å².